The molecule has 0 radical (unpaired) electrons. The van der Waals surface area contributed by atoms with Crippen molar-refractivity contribution < 1.29 is 19.4 Å². The van der Waals surface area contributed by atoms with Crippen LogP contribution in [0.1, 0.15) is 37.7 Å². The van der Waals surface area contributed by atoms with Crippen molar-refractivity contribution in [1.29, 1.82) is 0 Å². The molecule has 2 aliphatic rings. The van der Waals surface area contributed by atoms with Crippen LogP contribution in [0.25, 0.3) is 0 Å². The molecule has 136 valence electrons. The number of carbonyl (C=O) groups excluding carboxylic acids is 1. The number of nitrogens with zero attached hydrogens (tertiary/aromatic N) is 2. The first-order chi connectivity index (χ1) is 12.1. The van der Waals surface area contributed by atoms with Crippen molar-refractivity contribution in [3.8, 4) is 0 Å². The van der Waals surface area contributed by atoms with Crippen LogP contribution in [-0.2, 0) is 16.0 Å². The molecule has 2 unspecified atom stereocenters. The Balaban J connectivity index is 1.31. The van der Waals surface area contributed by atoms with Gasteiger partial charge in [0.1, 0.15) is 6.23 Å². The zero-order valence-electron chi connectivity index (χ0n) is 14.5. The van der Waals surface area contributed by atoms with E-state index in [1.165, 1.54) is 10.5 Å². The van der Waals surface area contributed by atoms with E-state index in [1.807, 2.05) is 6.07 Å². The van der Waals surface area contributed by atoms with Gasteiger partial charge in [-0.25, -0.2) is 4.79 Å². The number of carbonyl (C=O) groups is 2. The zero-order chi connectivity index (χ0) is 17.6. The SMILES string of the molecule is O=C(O)N(CCCCCCc1ccccc1)CC1CN2C(=O)CC2O1. The minimum absolute atomic E-state index is 0.104. The standard InChI is InChI=1S/C19H26N2O4/c22-17-12-18-21(17)14-16(25-18)13-20(19(23)24)11-7-2-1-4-8-15-9-5-3-6-10-15/h3,5-6,9-10,16,18H,1-2,4,7-8,11-14H2,(H,23,24). The number of aryl methyl sites for hydroxylation is 1. The van der Waals surface area contributed by atoms with Gasteiger partial charge < -0.3 is 19.6 Å². The lowest BCUT2D eigenvalue weighted by molar-refractivity contribution is -0.156. The summed E-state index contributed by atoms with van der Waals surface area (Å²) in [7, 11) is 0. The van der Waals surface area contributed by atoms with E-state index >= 15 is 0 Å². The quantitative estimate of drug-likeness (QED) is 0.551. The number of unbranched alkanes of at least 4 members (excludes halogenated alkanes) is 3. The second-order valence-electron chi connectivity index (χ2n) is 6.84. The van der Waals surface area contributed by atoms with Gasteiger partial charge in [0.05, 0.1) is 25.6 Å². The van der Waals surface area contributed by atoms with Crippen LogP contribution in [0.2, 0.25) is 0 Å². The van der Waals surface area contributed by atoms with Gasteiger partial charge in [-0.3, -0.25) is 4.79 Å². The van der Waals surface area contributed by atoms with Crippen LogP contribution >= 0.6 is 0 Å². The highest BCUT2D eigenvalue weighted by Gasteiger charge is 2.45. The summed E-state index contributed by atoms with van der Waals surface area (Å²) >= 11 is 0. The molecule has 3 rings (SSSR count). The van der Waals surface area contributed by atoms with Crippen molar-refractivity contribution in [3.05, 3.63) is 35.9 Å². The Labute approximate surface area is 148 Å². The van der Waals surface area contributed by atoms with E-state index in [9.17, 15) is 14.7 Å². The molecule has 6 heteroatoms. The summed E-state index contributed by atoms with van der Waals surface area (Å²) in [6.45, 7) is 1.39. The number of rotatable bonds is 9. The van der Waals surface area contributed by atoms with Gasteiger partial charge >= 0.3 is 6.09 Å². The second-order valence-corrected chi connectivity index (χ2v) is 6.84. The van der Waals surface area contributed by atoms with Crippen molar-refractivity contribution in [2.45, 2.75) is 50.9 Å². The predicted molar refractivity (Wildman–Crippen MR) is 93.2 cm³/mol. The lowest BCUT2D eigenvalue weighted by atomic mass is 10.1. The Hall–Kier alpha value is -2.08. The predicted octanol–water partition coefficient (Wildman–Crippen LogP) is 2.73. The molecule has 1 aromatic carbocycles. The molecule has 0 spiro atoms. The monoisotopic (exact) mass is 346 g/mol. The molecule has 0 saturated carbocycles. The normalized spacial score (nSPS) is 21.8. The summed E-state index contributed by atoms with van der Waals surface area (Å²) in [5.41, 5.74) is 1.35. The van der Waals surface area contributed by atoms with E-state index < -0.39 is 6.09 Å². The summed E-state index contributed by atoms with van der Waals surface area (Å²) in [4.78, 5) is 25.9. The summed E-state index contributed by atoms with van der Waals surface area (Å²) in [5.74, 6) is 0.104. The molecule has 25 heavy (non-hydrogen) atoms. The summed E-state index contributed by atoms with van der Waals surface area (Å²) in [6, 6.07) is 10.4. The van der Waals surface area contributed by atoms with Crippen LogP contribution in [0.5, 0.6) is 0 Å². The molecule has 0 aromatic heterocycles. The van der Waals surface area contributed by atoms with Crippen LogP contribution in [0.4, 0.5) is 4.79 Å². The highest BCUT2D eigenvalue weighted by atomic mass is 16.5. The van der Waals surface area contributed by atoms with E-state index in [-0.39, 0.29) is 18.2 Å². The fourth-order valence-corrected chi connectivity index (χ4v) is 3.49. The number of hydrogen-bond acceptors (Lipinski definition) is 3. The third-order valence-electron chi connectivity index (χ3n) is 4.95. The van der Waals surface area contributed by atoms with Crippen molar-refractivity contribution in [2.75, 3.05) is 19.6 Å². The summed E-state index contributed by atoms with van der Waals surface area (Å²) in [5, 5.41) is 9.37. The van der Waals surface area contributed by atoms with Crippen molar-refractivity contribution in [3.63, 3.8) is 0 Å². The molecule has 2 atom stereocenters. The Morgan fingerprint density at radius 1 is 1.20 bits per heavy atom. The smallest absolute Gasteiger partial charge is 0.407 e. The minimum atomic E-state index is -0.909. The molecular weight excluding hydrogens is 320 g/mol. The van der Waals surface area contributed by atoms with Crippen molar-refractivity contribution in [1.82, 2.24) is 9.80 Å². The number of ether oxygens (including phenoxy) is 1. The van der Waals surface area contributed by atoms with Gasteiger partial charge in [-0.15, -0.1) is 0 Å². The van der Waals surface area contributed by atoms with Crippen LogP contribution in [0, 0.1) is 0 Å². The lowest BCUT2D eigenvalue weighted by Gasteiger charge is -2.31. The van der Waals surface area contributed by atoms with E-state index in [0.717, 1.165) is 32.1 Å². The molecule has 2 amide bonds. The fourth-order valence-electron chi connectivity index (χ4n) is 3.49. The molecule has 6 nitrogen and oxygen atoms in total. The maximum atomic E-state index is 11.4. The third-order valence-corrected chi connectivity index (χ3v) is 4.95. The fraction of sp³-hybridized carbons (Fsp3) is 0.579. The van der Waals surface area contributed by atoms with E-state index in [1.54, 1.807) is 4.90 Å². The first kappa shape index (κ1) is 17.7. The highest BCUT2D eigenvalue weighted by molar-refractivity contribution is 5.83. The molecule has 2 aliphatic heterocycles. The maximum Gasteiger partial charge on any atom is 0.407 e. The average molecular weight is 346 g/mol. The van der Waals surface area contributed by atoms with Gasteiger partial charge in [0.2, 0.25) is 5.91 Å². The second kappa shape index (κ2) is 8.34. The first-order valence-electron chi connectivity index (χ1n) is 9.10. The summed E-state index contributed by atoms with van der Waals surface area (Å²) in [6.07, 6.45) is 4.41. The van der Waals surface area contributed by atoms with Crippen LogP contribution in [0.15, 0.2) is 30.3 Å². The van der Waals surface area contributed by atoms with Gasteiger partial charge in [0.15, 0.2) is 0 Å². The van der Waals surface area contributed by atoms with E-state index in [2.05, 4.69) is 24.3 Å². The van der Waals surface area contributed by atoms with Crippen LogP contribution in [0.3, 0.4) is 0 Å². The van der Waals surface area contributed by atoms with Gasteiger partial charge in [-0.2, -0.15) is 0 Å². The lowest BCUT2D eigenvalue weighted by Crippen LogP contribution is -2.48. The Bertz CT molecular complexity index is 592. The number of β-lactam (4-membered cyclic amide) rings is 1. The number of fused-ring (bicyclic) bond motifs is 1. The van der Waals surface area contributed by atoms with E-state index in [4.69, 9.17) is 4.74 Å². The van der Waals surface area contributed by atoms with Gasteiger partial charge in [-0.1, -0.05) is 43.2 Å². The van der Waals surface area contributed by atoms with Gasteiger partial charge in [0.25, 0.3) is 0 Å². The number of benzene rings is 1. The maximum absolute atomic E-state index is 11.4. The molecule has 2 heterocycles. The Morgan fingerprint density at radius 2 is 1.96 bits per heavy atom. The number of amides is 2. The highest BCUT2D eigenvalue weighted by Crippen LogP contribution is 2.28. The molecular formula is C19H26N2O4. The number of carboxylic acid groups (broad SMARTS) is 1. The van der Waals surface area contributed by atoms with Gasteiger partial charge in [0, 0.05) is 6.54 Å². The first-order valence-corrected chi connectivity index (χ1v) is 9.10. The minimum Gasteiger partial charge on any atom is -0.465 e. The molecule has 2 saturated heterocycles. The average Bonchev–Trinajstić information content (AvgIpc) is 2.93. The molecule has 0 aliphatic carbocycles. The summed E-state index contributed by atoms with van der Waals surface area (Å²) < 4.78 is 5.71. The number of hydrogen-bond donors (Lipinski definition) is 1. The van der Waals surface area contributed by atoms with Crippen LogP contribution < -0.4 is 0 Å². The van der Waals surface area contributed by atoms with Crippen LogP contribution in [-0.4, -0.2) is 58.9 Å². The molecule has 0 bridgehead atoms. The zero-order valence-corrected chi connectivity index (χ0v) is 14.5. The topological polar surface area (TPSA) is 70.1 Å². The Kier molecular flexibility index (Phi) is 5.91. The third kappa shape index (κ3) is 4.72. The Morgan fingerprint density at radius 3 is 2.64 bits per heavy atom. The van der Waals surface area contributed by atoms with Crippen molar-refractivity contribution >= 4 is 12.0 Å². The van der Waals surface area contributed by atoms with Gasteiger partial charge in [-0.05, 0) is 24.8 Å². The molecule has 1 N–H and O–H groups in total. The largest absolute Gasteiger partial charge is 0.465 e. The molecule has 1 aromatic rings. The van der Waals surface area contributed by atoms with Crippen molar-refractivity contribution in [2.24, 2.45) is 0 Å². The molecule has 2 fully saturated rings. The van der Waals surface area contributed by atoms with E-state index in [0.29, 0.717) is 26.1 Å².